The number of rotatable bonds is 3. The van der Waals surface area contributed by atoms with Gasteiger partial charge in [-0.05, 0) is 40.5 Å². The molecular formula is C13H19BrN2O2. The van der Waals surface area contributed by atoms with E-state index in [1.165, 1.54) is 0 Å². The summed E-state index contributed by atoms with van der Waals surface area (Å²) in [5.41, 5.74) is 1.02. The van der Waals surface area contributed by atoms with Crippen molar-refractivity contribution in [2.24, 2.45) is 0 Å². The first-order valence-electron chi connectivity index (χ1n) is 6.19. The number of hydrogen-bond acceptors (Lipinski definition) is 4. The normalized spacial score (nSPS) is 22.9. The Balaban J connectivity index is 2.23. The van der Waals surface area contributed by atoms with Crippen molar-refractivity contribution < 1.29 is 10.2 Å². The van der Waals surface area contributed by atoms with Gasteiger partial charge in [0.1, 0.15) is 5.75 Å². The largest absolute Gasteiger partial charge is 0.507 e. The van der Waals surface area contributed by atoms with Gasteiger partial charge in [-0.3, -0.25) is 4.90 Å². The van der Waals surface area contributed by atoms with E-state index in [-0.39, 0.29) is 18.4 Å². The number of aliphatic hydroxyl groups excluding tert-OH is 1. The van der Waals surface area contributed by atoms with Gasteiger partial charge >= 0.3 is 0 Å². The van der Waals surface area contributed by atoms with Crippen molar-refractivity contribution in [1.29, 1.82) is 0 Å². The first-order valence-corrected chi connectivity index (χ1v) is 6.98. The van der Waals surface area contributed by atoms with Crippen LogP contribution in [0.2, 0.25) is 0 Å². The van der Waals surface area contributed by atoms with Gasteiger partial charge < -0.3 is 15.5 Å². The van der Waals surface area contributed by atoms with E-state index in [1.807, 2.05) is 12.1 Å². The highest BCUT2D eigenvalue weighted by Gasteiger charge is 2.26. The first-order chi connectivity index (χ1) is 8.63. The van der Waals surface area contributed by atoms with E-state index < -0.39 is 0 Å². The molecule has 1 heterocycles. The minimum atomic E-state index is -0.0148. The van der Waals surface area contributed by atoms with Crippen LogP contribution in [0.5, 0.6) is 5.75 Å². The fourth-order valence-corrected chi connectivity index (χ4v) is 2.85. The molecule has 2 atom stereocenters. The van der Waals surface area contributed by atoms with Crippen LogP contribution in [0.15, 0.2) is 22.7 Å². The van der Waals surface area contributed by atoms with Crippen LogP contribution >= 0.6 is 15.9 Å². The molecule has 0 aliphatic carbocycles. The SMILES string of the molecule is CC1CNCCN1C(CO)c1ccc(O)c(Br)c1. The van der Waals surface area contributed by atoms with Gasteiger partial charge in [0.2, 0.25) is 0 Å². The van der Waals surface area contributed by atoms with Crippen LogP contribution in [-0.4, -0.2) is 47.4 Å². The van der Waals surface area contributed by atoms with Crippen molar-refractivity contribution in [3.63, 3.8) is 0 Å². The zero-order valence-corrected chi connectivity index (χ0v) is 12.0. The number of phenols is 1. The minimum absolute atomic E-state index is 0.0148. The van der Waals surface area contributed by atoms with Gasteiger partial charge in [0.25, 0.3) is 0 Å². The molecule has 0 spiro atoms. The van der Waals surface area contributed by atoms with Crippen molar-refractivity contribution >= 4 is 15.9 Å². The summed E-state index contributed by atoms with van der Waals surface area (Å²) in [6.07, 6.45) is 0. The minimum Gasteiger partial charge on any atom is -0.507 e. The second-order valence-corrected chi connectivity index (χ2v) is 5.55. The molecule has 1 aliphatic heterocycles. The smallest absolute Gasteiger partial charge is 0.129 e. The van der Waals surface area contributed by atoms with Gasteiger partial charge in [-0.15, -0.1) is 0 Å². The number of halogens is 1. The first kappa shape index (κ1) is 13.8. The zero-order chi connectivity index (χ0) is 13.1. The lowest BCUT2D eigenvalue weighted by atomic mass is 10.0. The number of phenolic OH excluding ortho intramolecular Hbond substituents is 1. The summed E-state index contributed by atoms with van der Waals surface area (Å²) in [5, 5.41) is 22.5. The summed E-state index contributed by atoms with van der Waals surface area (Å²) in [6.45, 7) is 5.05. The van der Waals surface area contributed by atoms with Crippen molar-refractivity contribution in [2.75, 3.05) is 26.2 Å². The molecule has 0 aromatic heterocycles. The molecule has 0 bridgehead atoms. The summed E-state index contributed by atoms with van der Waals surface area (Å²) in [6, 6.07) is 5.79. The third-order valence-corrected chi connectivity index (χ3v) is 4.12. The van der Waals surface area contributed by atoms with Crippen molar-refractivity contribution in [2.45, 2.75) is 19.0 Å². The van der Waals surface area contributed by atoms with Gasteiger partial charge in [0, 0.05) is 25.7 Å². The van der Waals surface area contributed by atoms with E-state index >= 15 is 0 Å². The fraction of sp³-hybridized carbons (Fsp3) is 0.538. The average Bonchev–Trinajstić information content (AvgIpc) is 2.37. The van der Waals surface area contributed by atoms with Crippen LogP contribution in [0.1, 0.15) is 18.5 Å². The number of nitrogens with zero attached hydrogens (tertiary/aromatic N) is 1. The topological polar surface area (TPSA) is 55.7 Å². The Morgan fingerprint density at radius 3 is 2.94 bits per heavy atom. The molecule has 1 aliphatic rings. The highest BCUT2D eigenvalue weighted by molar-refractivity contribution is 9.10. The third-order valence-electron chi connectivity index (χ3n) is 3.48. The molecule has 0 saturated carbocycles. The Labute approximate surface area is 116 Å². The van der Waals surface area contributed by atoms with Crippen LogP contribution in [0, 0.1) is 0 Å². The molecule has 2 unspecified atom stereocenters. The molecule has 2 rings (SSSR count). The summed E-state index contributed by atoms with van der Waals surface area (Å²) < 4.78 is 0.668. The predicted octanol–water partition coefficient (Wildman–Crippen LogP) is 1.48. The predicted molar refractivity (Wildman–Crippen MR) is 74.7 cm³/mol. The summed E-state index contributed by atoms with van der Waals surface area (Å²) in [7, 11) is 0. The Kier molecular flexibility index (Phi) is 4.61. The second-order valence-electron chi connectivity index (χ2n) is 4.70. The van der Waals surface area contributed by atoms with E-state index in [0.29, 0.717) is 10.5 Å². The highest BCUT2D eigenvalue weighted by Crippen LogP contribution is 2.30. The molecule has 1 aromatic carbocycles. The van der Waals surface area contributed by atoms with Crippen molar-refractivity contribution in [3.8, 4) is 5.75 Å². The number of nitrogens with one attached hydrogen (secondary N) is 1. The Morgan fingerprint density at radius 1 is 1.56 bits per heavy atom. The molecule has 1 aromatic rings. The molecule has 4 nitrogen and oxygen atoms in total. The van der Waals surface area contributed by atoms with Crippen LogP contribution < -0.4 is 5.32 Å². The number of benzene rings is 1. The summed E-state index contributed by atoms with van der Waals surface area (Å²) >= 11 is 3.32. The average molecular weight is 315 g/mol. The van der Waals surface area contributed by atoms with Gasteiger partial charge in [0.05, 0.1) is 17.1 Å². The lowest BCUT2D eigenvalue weighted by Crippen LogP contribution is -2.51. The molecular weight excluding hydrogens is 296 g/mol. The lowest BCUT2D eigenvalue weighted by molar-refractivity contribution is 0.0723. The maximum atomic E-state index is 9.67. The molecule has 0 amide bonds. The summed E-state index contributed by atoms with van der Waals surface area (Å²) in [5.74, 6) is 0.226. The highest BCUT2D eigenvalue weighted by atomic mass is 79.9. The van der Waals surface area contributed by atoms with Crippen LogP contribution in [0.4, 0.5) is 0 Å². The number of hydrogen-bond donors (Lipinski definition) is 3. The second kappa shape index (κ2) is 6.02. The quantitative estimate of drug-likeness (QED) is 0.791. The number of aliphatic hydroxyl groups is 1. The number of piperazine rings is 1. The molecule has 0 radical (unpaired) electrons. The molecule has 1 saturated heterocycles. The Hall–Kier alpha value is -0.620. The molecule has 1 fully saturated rings. The van der Waals surface area contributed by atoms with Gasteiger partial charge in [0.15, 0.2) is 0 Å². The summed E-state index contributed by atoms with van der Waals surface area (Å²) in [4.78, 5) is 2.30. The van der Waals surface area contributed by atoms with Crippen LogP contribution in [0.25, 0.3) is 0 Å². The van der Waals surface area contributed by atoms with Gasteiger partial charge in [-0.25, -0.2) is 0 Å². The van der Waals surface area contributed by atoms with Crippen LogP contribution in [-0.2, 0) is 0 Å². The van der Waals surface area contributed by atoms with Gasteiger partial charge in [-0.2, -0.15) is 0 Å². The van der Waals surface area contributed by atoms with Crippen molar-refractivity contribution in [1.82, 2.24) is 10.2 Å². The van der Waals surface area contributed by atoms with Gasteiger partial charge in [-0.1, -0.05) is 6.07 Å². The lowest BCUT2D eigenvalue weighted by Gasteiger charge is -2.39. The van der Waals surface area contributed by atoms with Crippen LogP contribution in [0.3, 0.4) is 0 Å². The monoisotopic (exact) mass is 314 g/mol. The maximum Gasteiger partial charge on any atom is 0.129 e. The molecule has 100 valence electrons. The van der Waals surface area contributed by atoms with E-state index in [1.54, 1.807) is 6.07 Å². The van der Waals surface area contributed by atoms with Crippen molar-refractivity contribution in [3.05, 3.63) is 28.2 Å². The van der Waals surface area contributed by atoms with E-state index in [4.69, 9.17) is 0 Å². The molecule has 5 heteroatoms. The zero-order valence-electron chi connectivity index (χ0n) is 10.4. The maximum absolute atomic E-state index is 9.67. The van der Waals surface area contributed by atoms with E-state index in [9.17, 15) is 10.2 Å². The standard InChI is InChI=1S/C13H19BrN2O2/c1-9-7-15-4-5-16(9)12(8-17)10-2-3-13(18)11(14)6-10/h2-3,6,9,12,15,17-18H,4-5,7-8H2,1H3. The Bertz CT molecular complexity index is 414. The third kappa shape index (κ3) is 2.85. The molecule has 18 heavy (non-hydrogen) atoms. The molecule has 3 N–H and O–H groups in total. The van der Waals surface area contributed by atoms with E-state index in [2.05, 4.69) is 33.1 Å². The Morgan fingerprint density at radius 2 is 2.33 bits per heavy atom. The van der Waals surface area contributed by atoms with E-state index in [0.717, 1.165) is 25.2 Å². The fourth-order valence-electron chi connectivity index (χ4n) is 2.45. The number of aromatic hydroxyl groups is 1.